The van der Waals surface area contributed by atoms with Crippen molar-refractivity contribution in [3.63, 3.8) is 0 Å². The molecule has 30 aromatic rings. The van der Waals surface area contributed by atoms with E-state index in [0.29, 0.717) is 5.82 Å². The molecular formula is C132H81N9OS2. The molecule has 21 aromatic carbocycles. The lowest BCUT2D eigenvalue weighted by molar-refractivity contribution is 0.669. The summed E-state index contributed by atoms with van der Waals surface area (Å²) < 4.78 is 18.7. The summed E-state index contributed by atoms with van der Waals surface area (Å²) in [6.07, 6.45) is 0. The first kappa shape index (κ1) is 83.4. The van der Waals surface area contributed by atoms with Gasteiger partial charge in [0.05, 0.1) is 66.7 Å². The lowest BCUT2D eigenvalue weighted by Crippen LogP contribution is -1.96. The van der Waals surface area contributed by atoms with Gasteiger partial charge in [0.15, 0.2) is 17.5 Å². The minimum atomic E-state index is 0.697. The Kier molecular flexibility index (Phi) is 20.1. The van der Waals surface area contributed by atoms with E-state index in [1.54, 1.807) is 0 Å². The Hall–Kier alpha value is -18.7. The zero-order valence-corrected chi connectivity index (χ0v) is 79.1. The average molecular weight is 1870 g/mol. The van der Waals surface area contributed by atoms with Gasteiger partial charge in [-0.25, -0.2) is 29.9 Å². The van der Waals surface area contributed by atoms with Gasteiger partial charge in [-0.2, -0.15) is 0 Å². The summed E-state index contributed by atoms with van der Waals surface area (Å²) >= 11 is 3.73. The lowest BCUT2D eigenvalue weighted by Gasteiger charge is -2.11. The van der Waals surface area contributed by atoms with E-state index < -0.39 is 0 Å². The molecule has 0 bridgehead atoms. The molecular weight excluding hydrogens is 1790 g/mol. The van der Waals surface area contributed by atoms with E-state index in [2.05, 4.69) is 469 Å². The van der Waals surface area contributed by atoms with Crippen molar-refractivity contribution in [2.45, 2.75) is 0 Å². The highest BCUT2D eigenvalue weighted by atomic mass is 32.1. The Morgan fingerprint density at radius 2 is 0.472 bits per heavy atom. The zero-order chi connectivity index (χ0) is 94.8. The molecule has 9 aromatic heterocycles. The molecule has 672 valence electrons. The number of furan rings is 1. The topological polar surface area (TPSA) is 105 Å². The summed E-state index contributed by atoms with van der Waals surface area (Å²) in [5.41, 5.74) is 31.0. The van der Waals surface area contributed by atoms with Crippen LogP contribution >= 0.6 is 22.7 Å². The minimum absolute atomic E-state index is 0.697. The van der Waals surface area contributed by atoms with Gasteiger partial charge in [0, 0.05) is 150 Å². The third kappa shape index (κ3) is 14.3. The average Bonchev–Trinajstić information content (AvgIpc) is 1.56. The molecule has 10 nitrogen and oxygen atoms in total. The van der Waals surface area contributed by atoms with Gasteiger partial charge in [0.1, 0.15) is 11.2 Å². The first-order valence-corrected chi connectivity index (χ1v) is 50.1. The van der Waals surface area contributed by atoms with Gasteiger partial charge in [-0.05, 0) is 191 Å². The van der Waals surface area contributed by atoms with Crippen molar-refractivity contribution < 1.29 is 4.42 Å². The second kappa shape index (κ2) is 34.7. The smallest absolute Gasteiger partial charge is 0.160 e. The molecule has 144 heavy (non-hydrogen) atoms. The van der Waals surface area contributed by atoms with Crippen LogP contribution < -0.4 is 0 Å². The number of thiophene rings is 2. The van der Waals surface area contributed by atoms with E-state index in [4.69, 9.17) is 34.3 Å². The number of hydrogen-bond acceptors (Lipinski definition) is 9. The van der Waals surface area contributed by atoms with Crippen molar-refractivity contribution in [3.05, 3.63) is 491 Å². The van der Waals surface area contributed by atoms with Crippen LogP contribution in [0, 0.1) is 0 Å². The van der Waals surface area contributed by atoms with Gasteiger partial charge in [-0.3, -0.25) is 0 Å². The van der Waals surface area contributed by atoms with Crippen LogP contribution in [0.25, 0.3) is 279 Å². The number of benzene rings is 21. The maximum absolute atomic E-state index is 6.35. The predicted octanol–water partition coefficient (Wildman–Crippen LogP) is 35.8. The maximum Gasteiger partial charge on any atom is 0.160 e. The van der Waals surface area contributed by atoms with Crippen molar-refractivity contribution in [1.29, 1.82) is 0 Å². The Morgan fingerprint density at radius 1 is 0.167 bits per heavy atom. The monoisotopic (exact) mass is 1870 g/mol. The highest BCUT2D eigenvalue weighted by molar-refractivity contribution is 7.27. The van der Waals surface area contributed by atoms with Gasteiger partial charge in [-0.15, -0.1) is 22.7 Å². The SMILES string of the molecule is c1ccc(-c2ccc(-c3nc(-c4ccc5c(c4)c4c6c(ccc4n5-c4ccccc4)oc4ccccc46)nc4ccccc34)cc2)cc1.c1ccc(-c2ccc(-c3nc(-c4ccc5c(c4)c4c6c(ccc4n5-c4ccccc4)sc4ccccc46)nc4ccccc34)cc2)cc1.c1ccc(-c2ccc(-c3nc(-c4ccc5c(c4)c4c6sc7ccccc7c6ccc4n5-c4ccccc4)nc4ccccc34)cc2)cc1. The van der Waals surface area contributed by atoms with Crippen molar-refractivity contribution in [2.75, 3.05) is 0 Å². The molecule has 0 radical (unpaired) electrons. The van der Waals surface area contributed by atoms with E-state index >= 15 is 0 Å². The summed E-state index contributed by atoms with van der Waals surface area (Å²) in [4.78, 5) is 31.2. The molecule has 12 heteroatoms. The van der Waals surface area contributed by atoms with Crippen molar-refractivity contribution in [1.82, 2.24) is 43.6 Å². The van der Waals surface area contributed by atoms with E-state index in [1.165, 1.54) is 117 Å². The van der Waals surface area contributed by atoms with Crippen molar-refractivity contribution in [3.8, 4) is 118 Å². The van der Waals surface area contributed by atoms with Crippen LogP contribution in [0.1, 0.15) is 0 Å². The third-order valence-corrected chi connectivity index (χ3v) is 30.6. The van der Waals surface area contributed by atoms with Gasteiger partial charge in [0.2, 0.25) is 0 Å². The minimum Gasteiger partial charge on any atom is -0.456 e. The molecule has 0 aliphatic carbocycles. The first-order valence-electron chi connectivity index (χ1n) is 48.5. The molecule has 0 atom stereocenters. The summed E-state index contributed by atoms with van der Waals surface area (Å²) in [6, 6.07) is 174. The molecule has 0 saturated heterocycles. The second-order valence-corrected chi connectivity index (χ2v) is 38.7. The maximum atomic E-state index is 6.35. The van der Waals surface area contributed by atoms with E-state index in [-0.39, 0.29) is 0 Å². The summed E-state index contributed by atoms with van der Waals surface area (Å²) in [5.74, 6) is 2.14. The highest BCUT2D eigenvalue weighted by Crippen LogP contribution is 2.50. The van der Waals surface area contributed by atoms with E-state index in [0.717, 1.165) is 156 Å². The summed E-state index contributed by atoms with van der Waals surface area (Å²) in [5, 5.41) is 17.8. The number of hydrogen-bond donors (Lipinski definition) is 0. The molecule has 0 unspecified atom stereocenters. The molecule has 0 saturated carbocycles. The molecule has 0 fully saturated rings. The molecule has 9 heterocycles. The van der Waals surface area contributed by atoms with Crippen molar-refractivity contribution >= 4 is 183 Å². The first-order chi connectivity index (χ1) is 71.4. The number of para-hydroxylation sites is 7. The van der Waals surface area contributed by atoms with Crippen LogP contribution in [0.5, 0.6) is 0 Å². The fourth-order valence-electron chi connectivity index (χ4n) is 21.6. The standard InChI is InChI=1S/C44H27N3O.2C44H27N3S/c1-3-11-28(12-4-1)29-19-21-30(22-20-29)43-33-15-7-9-17-36(33)45-44(46-43)31-23-24-37-35(27-31)41-38(47(37)32-13-5-2-6-14-32)25-26-40-42(41)34-16-8-10-18-39(34)48-40;1-3-11-28(12-4-1)29-19-21-30(22-20-29)42-35-16-7-9-17-37(35)45-44(46-42)31-23-25-38-36(27-31)41-39(47(38)32-13-5-2-6-14-32)26-24-34-33-15-8-10-18-40(33)48-43(34)41;1-3-11-28(12-4-1)29-19-21-30(22-20-29)43-33-15-7-9-17-36(33)45-44(46-43)31-23-24-37-35(27-31)41-38(47(37)32-13-5-2-6-14-32)25-26-40-42(41)34-16-8-10-18-39(34)48-40/h3*1-27H. The molecule has 0 spiro atoms. The van der Waals surface area contributed by atoms with Crippen molar-refractivity contribution in [2.24, 2.45) is 0 Å². The normalized spacial score (nSPS) is 11.8. The van der Waals surface area contributed by atoms with E-state index in [1.807, 2.05) is 59.1 Å². The fraction of sp³-hybridized carbons (Fsp3) is 0. The highest BCUT2D eigenvalue weighted by Gasteiger charge is 2.27. The fourth-order valence-corrected chi connectivity index (χ4v) is 23.9. The Labute approximate surface area is 834 Å². The lowest BCUT2D eigenvalue weighted by atomic mass is 10.0. The Morgan fingerprint density at radius 3 is 0.903 bits per heavy atom. The Bertz CT molecular complexity index is 9910. The van der Waals surface area contributed by atoms with Crippen LogP contribution in [0.15, 0.2) is 496 Å². The molecule has 0 amide bonds. The van der Waals surface area contributed by atoms with Crippen LogP contribution in [-0.4, -0.2) is 43.6 Å². The molecule has 0 aliphatic heterocycles. The molecule has 0 aliphatic rings. The number of rotatable bonds is 12. The molecule has 0 N–H and O–H groups in total. The second-order valence-electron chi connectivity index (χ2n) is 36.6. The summed E-state index contributed by atoms with van der Waals surface area (Å²) in [6.45, 7) is 0. The van der Waals surface area contributed by atoms with Gasteiger partial charge in [0.25, 0.3) is 0 Å². The van der Waals surface area contributed by atoms with Gasteiger partial charge < -0.3 is 18.1 Å². The van der Waals surface area contributed by atoms with Gasteiger partial charge >= 0.3 is 0 Å². The predicted molar refractivity (Wildman–Crippen MR) is 604 cm³/mol. The number of nitrogens with zero attached hydrogens (tertiary/aromatic N) is 9. The number of fused-ring (bicyclic) bond motifs is 24. The molecule has 30 rings (SSSR count). The van der Waals surface area contributed by atoms with Crippen LogP contribution in [0.4, 0.5) is 0 Å². The van der Waals surface area contributed by atoms with Crippen LogP contribution in [-0.2, 0) is 0 Å². The van der Waals surface area contributed by atoms with Crippen LogP contribution in [0.2, 0.25) is 0 Å². The summed E-state index contributed by atoms with van der Waals surface area (Å²) in [7, 11) is 0. The van der Waals surface area contributed by atoms with Crippen LogP contribution in [0.3, 0.4) is 0 Å². The Balaban J connectivity index is 0.000000105. The van der Waals surface area contributed by atoms with E-state index in [9.17, 15) is 0 Å². The van der Waals surface area contributed by atoms with Gasteiger partial charge in [-0.1, -0.05) is 334 Å². The zero-order valence-electron chi connectivity index (χ0n) is 77.5. The number of aromatic nitrogens is 9. The quantitative estimate of drug-likeness (QED) is 0.120. The largest absolute Gasteiger partial charge is 0.456 e. The third-order valence-electron chi connectivity index (χ3n) is 28.2.